The Morgan fingerprint density at radius 3 is 2.68 bits per heavy atom. The Hall–Kier alpha value is -1.86. The molecule has 0 heterocycles. The fraction of sp³-hybridized carbons (Fsp3) is 0.250. The molecule has 0 saturated carbocycles. The van der Waals surface area contributed by atoms with E-state index in [1.54, 1.807) is 0 Å². The molecule has 7 heteroatoms. The van der Waals surface area contributed by atoms with Crippen LogP contribution in [0.15, 0.2) is 35.7 Å². The van der Waals surface area contributed by atoms with Crippen LogP contribution >= 0.6 is 0 Å². The molecule has 104 valence electrons. The molecular formula is C12H16N2O4S. The van der Waals surface area contributed by atoms with Crippen LogP contribution < -0.4 is 14.8 Å². The number of hydrogen-bond donors (Lipinski definition) is 2. The monoisotopic (exact) mass is 284 g/mol. The highest BCUT2D eigenvalue weighted by molar-refractivity contribution is 7.89. The molecule has 1 aromatic rings. The predicted octanol–water partition coefficient (Wildman–Crippen LogP) is 0.519. The lowest BCUT2D eigenvalue weighted by Crippen LogP contribution is -2.24. The van der Waals surface area contributed by atoms with Crippen molar-refractivity contribution in [1.29, 1.82) is 0 Å². The molecule has 0 aliphatic heterocycles. The predicted molar refractivity (Wildman–Crippen MR) is 71.8 cm³/mol. The summed E-state index contributed by atoms with van der Waals surface area (Å²) in [5, 5.41) is 2.57. The van der Waals surface area contributed by atoms with E-state index >= 15 is 0 Å². The van der Waals surface area contributed by atoms with Crippen LogP contribution in [0.3, 0.4) is 0 Å². The number of nitrogens with one attached hydrogen (secondary N) is 2. The summed E-state index contributed by atoms with van der Waals surface area (Å²) in [6.45, 7) is 3.79. The topological polar surface area (TPSA) is 84.5 Å². The van der Waals surface area contributed by atoms with Gasteiger partial charge in [0.15, 0.2) is 0 Å². The second-order valence-electron chi connectivity index (χ2n) is 3.57. The summed E-state index contributed by atoms with van der Waals surface area (Å²) in [5.41, 5.74) is 0.233. The molecule has 0 fully saturated rings. The van der Waals surface area contributed by atoms with Crippen molar-refractivity contribution in [2.45, 2.75) is 4.90 Å². The molecule has 2 N–H and O–H groups in total. The first kappa shape index (κ1) is 15.2. The summed E-state index contributed by atoms with van der Waals surface area (Å²) in [5.74, 6) is -0.204. The van der Waals surface area contributed by atoms with Gasteiger partial charge >= 0.3 is 0 Å². The third kappa shape index (κ3) is 3.55. The second-order valence-corrected chi connectivity index (χ2v) is 5.43. The Labute approximate surface area is 112 Å². The number of ether oxygens (including phenoxy) is 1. The highest BCUT2D eigenvalue weighted by Crippen LogP contribution is 2.24. The molecule has 0 spiro atoms. The maximum Gasteiger partial charge on any atom is 0.251 e. The zero-order valence-electron chi connectivity index (χ0n) is 10.8. The first-order valence-electron chi connectivity index (χ1n) is 5.47. The van der Waals surface area contributed by atoms with Crippen molar-refractivity contribution >= 4 is 15.9 Å². The molecule has 19 heavy (non-hydrogen) atoms. The van der Waals surface area contributed by atoms with Crippen LogP contribution in [0, 0.1) is 0 Å². The smallest absolute Gasteiger partial charge is 0.251 e. The highest BCUT2D eigenvalue weighted by atomic mass is 32.2. The molecule has 1 rings (SSSR count). The molecule has 0 unspecified atom stereocenters. The minimum Gasteiger partial charge on any atom is -0.495 e. The van der Waals surface area contributed by atoms with Crippen molar-refractivity contribution in [2.75, 3.05) is 20.7 Å². The third-order valence-corrected chi connectivity index (χ3v) is 3.83. The van der Waals surface area contributed by atoms with Gasteiger partial charge in [0, 0.05) is 12.1 Å². The lowest BCUT2D eigenvalue weighted by atomic mass is 10.2. The first-order valence-corrected chi connectivity index (χ1v) is 6.95. The van der Waals surface area contributed by atoms with Crippen LogP contribution in [-0.2, 0) is 10.0 Å². The summed E-state index contributed by atoms with van der Waals surface area (Å²) in [4.78, 5) is 11.7. The molecule has 0 saturated heterocycles. The maximum absolute atomic E-state index is 11.8. The van der Waals surface area contributed by atoms with Crippen molar-refractivity contribution in [1.82, 2.24) is 10.0 Å². The molecule has 0 aliphatic rings. The maximum atomic E-state index is 11.8. The van der Waals surface area contributed by atoms with Crippen LogP contribution in [0.5, 0.6) is 5.75 Å². The van der Waals surface area contributed by atoms with Crippen LogP contribution in [0.25, 0.3) is 0 Å². The van der Waals surface area contributed by atoms with Crippen molar-refractivity contribution < 1.29 is 17.9 Å². The number of amides is 1. The van der Waals surface area contributed by atoms with E-state index in [-0.39, 0.29) is 22.1 Å². The molecule has 6 nitrogen and oxygen atoms in total. The van der Waals surface area contributed by atoms with Gasteiger partial charge in [0.1, 0.15) is 10.6 Å². The standard InChI is InChI=1S/C12H16N2O4S/c1-4-7-14-12(15)9-5-6-10(18-3)11(8-9)19(16,17)13-2/h4-6,8,13H,1,7H2,2-3H3,(H,14,15). The largest absolute Gasteiger partial charge is 0.495 e. The minimum atomic E-state index is -3.69. The van der Waals surface area contributed by atoms with Gasteiger partial charge in [-0.05, 0) is 25.2 Å². The summed E-state index contributed by atoms with van der Waals surface area (Å²) in [6.07, 6.45) is 1.53. The number of benzene rings is 1. The van der Waals surface area contributed by atoms with Gasteiger partial charge in [-0.15, -0.1) is 6.58 Å². The molecule has 1 aromatic carbocycles. The third-order valence-electron chi connectivity index (χ3n) is 2.39. The van der Waals surface area contributed by atoms with Gasteiger partial charge < -0.3 is 10.1 Å². The molecule has 0 radical (unpaired) electrons. The Kier molecular flexibility index (Phi) is 5.08. The number of carbonyl (C=O) groups is 1. The van der Waals surface area contributed by atoms with E-state index in [9.17, 15) is 13.2 Å². The van der Waals surface area contributed by atoms with Gasteiger partial charge in [0.05, 0.1) is 7.11 Å². The number of hydrogen-bond acceptors (Lipinski definition) is 4. The van der Waals surface area contributed by atoms with E-state index in [4.69, 9.17) is 4.74 Å². The average Bonchev–Trinajstić information content (AvgIpc) is 2.43. The number of rotatable bonds is 6. The fourth-order valence-electron chi connectivity index (χ4n) is 1.40. The van der Waals surface area contributed by atoms with E-state index in [0.29, 0.717) is 6.54 Å². The summed E-state index contributed by atoms with van der Waals surface area (Å²) >= 11 is 0. The Morgan fingerprint density at radius 1 is 1.47 bits per heavy atom. The molecule has 0 bridgehead atoms. The SMILES string of the molecule is C=CCNC(=O)c1ccc(OC)c(S(=O)(=O)NC)c1. The summed E-state index contributed by atoms with van der Waals surface area (Å²) in [6, 6.07) is 4.20. The lowest BCUT2D eigenvalue weighted by molar-refractivity contribution is 0.0957. The summed E-state index contributed by atoms with van der Waals surface area (Å²) in [7, 11) is -1.04. The number of methoxy groups -OCH3 is 1. The number of sulfonamides is 1. The molecule has 0 aliphatic carbocycles. The van der Waals surface area contributed by atoms with Gasteiger partial charge in [-0.25, -0.2) is 13.1 Å². The normalized spacial score (nSPS) is 10.8. The van der Waals surface area contributed by atoms with E-state index in [1.807, 2.05) is 0 Å². The van der Waals surface area contributed by atoms with Gasteiger partial charge in [-0.2, -0.15) is 0 Å². The van der Waals surface area contributed by atoms with Gasteiger partial charge in [0.25, 0.3) is 5.91 Å². The molecule has 0 aromatic heterocycles. The van der Waals surface area contributed by atoms with Crippen LogP contribution in [0.2, 0.25) is 0 Å². The van der Waals surface area contributed by atoms with Crippen LogP contribution in [0.1, 0.15) is 10.4 Å². The van der Waals surface area contributed by atoms with E-state index in [0.717, 1.165) is 0 Å². The van der Waals surface area contributed by atoms with Crippen molar-refractivity contribution in [3.05, 3.63) is 36.4 Å². The minimum absolute atomic E-state index is 0.0799. The van der Waals surface area contributed by atoms with Crippen molar-refractivity contribution in [2.24, 2.45) is 0 Å². The average molecular weight is 284 g/mol. The lowest BCUT2D eigenvalue weighted by Gasteiger charge is -2.10. The van der Waals surface area contributed by atoms with E-state index in [1.165, 1.54) is 38.4 Å². The quantitative estimate of drug-likeness (QED) is 0.746. The van der Waals surface area contributed by atoms with E-state index in [2.05, 4.69) is 16.6 Å². The van der Waals surface area contributed by atoms with Crippen LogP contribution in [-0.4, -0.2) is 35.0 Å². The summed E-state index contributed by atoms with van der Waals surface area (Å²) < 4.78 is 30.8. The molecular weight excluding hydrogens is 268 g/mol. The van der Waals surface area contributed by atoms with Crippen molar-refractivity contribution in [3.63, 3.8) is 0 Å². The van der Waals surface area contributed by atoms with Gasteiger partial charge in [-0.3, -0.25) is 4.79 Å². The zero-order chi connectivity index (χ0) is 14.5. The fourth-order valence-corrected chi connectivity index (χ4v) is 2.32. The Morgan fingerprint density at radius 2 is 2.16 bits per heavy atom. The number of carbonyl (C=O) groups excluding carboxylic acids is 1. The Balaban J connectivity index is 3.23. The second kappa shape index (κ2) is 6.35. The van der Waals surface area contributed by atoms with Crippen LogP contribution in [0.4, 0.5) is 0 Å². The van der Waals surface area contributed by atoms with Gasteiger partial charge in [0.2, 0.25) is 10.0 Å². The molecule has 0 atom stereocenters. The zero-order valence-corrected chi connectivity index (χ0v) is 11.6. The van der Waals surface area contributed by atoms with E-state index < -0.39 is 10.0 Å². The highest BCUT2D eigenvalue weighted by Gasteiger charge is 2.19. The Bertz CT molecular complexity index is 581. The first-order chi connectivity index (χ1) is 8.96. The van der Waals surface area contributed by atoms with Gasteiger partial charge in [-0.1, -0.05) is 6.08 Å². The van der Waals surface area contributed by atoms with Crippen molar-refractivity contribution in [3.8, 4) is 5.75 Å². The molecule has 1 amide bonds.